The summed E-state index contributed by atoms with van der Waals surface area (Å²) in [5, 5.41) is 3.44. The number of carbonyl (C=O) groups excluding carboxylic acids is 1. The number of nitrogens with zero attached hydrogens (tertiary/aromatic N) is 2. The smallest absolute Gasteiger partial charge is 0.338 e. The van der Waals surface area contributed by atoms with Gasteiger partial charge in [-0.25, -0.2) is 9.78 Å². The molecule has 0 fully saturated rings. The number of anilines is 1. The summed E-state index contributed by atoms with van der Waals surface area (Å²) in [5.74, 6) is 1.56. The number of carbonyl (C=O) groups is 1. The Hall–Kier alpha value is -4.26. The molecule has 0 spiro atoms. The van der Waals surface area contributed by atoms with Crippen molar-refractivity contribution in [1.82, 2.24) is 9.55 Å². The summed E-state index contributed by atoms with van der Waals surface area (Å²) in [5.41, 5.74) is 4.66. The fraction of sp³-hybridized carbons (Fsp3) is 0.241. The van der Waals surface area contributed by atoms with E-state index in [1.165, 1.54) is 0 Å². The van der Waals surface area contributed by atoms with Crippen LogP contribution in [-0.2, 0) is 9.53 Å². The molecule has 3 aromatic carbocycles. The summed E-state index contributed by atoms with van der Waals surface area (Å²) < 4.78 is 19.4. The van der Waals surface area contributed by atoms with Gasteiger partial charge >= 0.3 is 5.97 Å². The minimum atomic E-state index is -0.502. The molecule has 1 aromatic heterocycles. The number of fused-ring (bicyclic) bond motifs is 3. The Bertz CT molecular complexity index is 1430. The van der Waals surface area contributed by atoms with Crippen LogP contribution in [0.3, 0.4) is 0 Å². The number of esters is 1. The van der Waals surface area contributed by atoms with Gasteiger partial charge in [0.1, 0.15) is 0 Å². The molecule has 1 aliphatic rings. The third-order valence-electron chi connectivity index (χ3n) is 6.07. The Morgan fingerprint density at radius 3 is 2.36 bits per heavy atom. The van der Waals surface area contributed by atoms with E-state index in [1.807, 2.05) is 93.6 Å². The van der Waals surface area contributed by atoms with Crippen LogP contribution in [0.4, 0.5) is 5.95 Å². The first-order valence-corrected chi connectivity index (χ1v) is 12.3. The third-order valence-corrected chi connectivity index (χ3v) is 6.07. The van der Waals surface area contributed by atoms with E-state index in [0.29, 0.717) is 41.9 Å². The number of hydrogen-bond donors (Lipinski definition) is 1. The highest BCUT2D eigenvalue weighted by Gasteiger charge is 2.37. The van der Waals surface area contributed by atoms with Crippen LogP contribution in [0.5, 0.6) is 11.5 Å². The van der Waals surface area contributed by atoms with Crippen molar-refractivity contribution < 1.29 is 19.0 Å². The van der Waals surface area contributed by atoms with Crippen LogP contribution in [0, 0.1) is 0 Å². The second kappa shape index (κ2) is 10.2. The van der Waals surface area contributed by atoms with Gasteiger partial charge in [0, 0.05) is 0 Å². The van der Waals surface area contributed by atoms with Crippen LogP contribution < -0.4 is 14.8 Å². The van der Waals surface area contributed by atoms with Gasteiger partial charge in [-0.3, -0.25) is 4.57 Å². The summed E-state index contributed by atoms with van der Waals surface area (Å²) in [7, 11) is 0. The summed E-state index contributed by atoms with van der Waals surface area (Å²) in [6.45, 7) is 6.97. The molecule has 0 saturated carbocycles. The van der Waals surface area contributed by atoms with Gasteiger partial charge in [-0.1, -0.05) is 48.5 Å². The van der Waals surface area contributed by atoms with E-state index in [2.05, 4.69) is 9.88 Å². The van der Waals surface area contributed by atoms with Gasteiger partial charge < -0.3 is 19.5 Å². The molecular formula is C29H29N3O4. The maximum atomic E-state index is 13.6. The first kappa shape index (κ1) is 23.5. The van der Waals surface area contributed by atoms with Crippen LogP contribution >= 0.6 is 0 Å². The Kier molecular flexibility index (Phi) is 6.62. The van der Waals surface area contributed by atoms with Crippen LogP contribution in [0.15, 0.2) is 78.4 Å². The van der Waals surface area contributed by atoms with Crippen LogP contribution in [0.2, 0.25) is 0 Å². The van der Waals surface area contributed by atoms with Gasteiger partial charge in [0.15, 0.2) is 11.5 Å². The average Bonchev–Trinajstić information content (AvgIpc) is 3.28. The van der Waals surface area contributed by atoms with Crippen molar-refractivity contribution in [2.45, 2.75) is 26.8 Å². The minimum absolute atomic E-state index is 0.266. The molecule has 0 aliphatic carbocycles. The Morgan fingerprint density at radius 1 is 0.889 bits per heavy atom. The number of ether oxygens (including phenoxy) is 3. The quantitative estimate of drug-likeness (QED) is 0.318. The average molecular weight is 484 g/mol. The summed E-state index contributed by atoms with van der Waals surface area (Å²) in [6.07, 6.45) is 0. The molecule has 7 nitrogen and oxygen atoms in total. The molecule has 1 unspecified atom stereocenters. The first-order valence-electron chi connectivity index (χ1n) is 12.3. The van der Waals surface area contributed by atoms with Crippen LogP contribution in [0.1, 0.15) is 37.9 Å². The van der Waals surface area contributed by atoms with Gasteiger partial charge in [0.05, 0.1) is 48.2 Å². The molecule has 2 heterocycles. The lowest BCUT2D eigenvalue weighted by Crippen LogP contribution is -2.29. The van der Waals surface area contributed by atoms with Gasteiger partial charge in [-0.15, -0.1) is 0 Å². The molecule has 1 N–H and O–H groups in total. The molecule has 4 aromatic rings. The van der Waals surface area contributed by atoms with Crippen LogP contribution in [-0.4, -0.2) is 35.3 Å². The van der Waals surface area contributed by atoms with Crippen molar-refractivity contribution >= 4 is 28.6 Å². The molecule has 0 radical (unpaired) electrons. The second-order valence-electron chi connectivity index (χ2n) is 8.27. The van der Waals surface area contributed by atoms with Gasteiger partial charge in [0.2, 0.25) is 5.95 Å². The highest BCUT2D eigenvalue weighted by molar-refractivity contribution is 6.03. The number of para-hydroxylation sites is 2. The fourth-order valence-corrected chi connectivity index (χ4v) is 4.65. The maximum Gasteiger partial charge on any atom is 0.338 e. The molecule has 36 heavy (non-hydrogen) atoms. The third kappa shape index (κ3) is 4.17. The van der Waals surface area contributed by atoms with Crippen LogP contribution in [0.25, 0.3) is 16.7 Å². The number of hydrogen-bond acceptors (Lipinski definition) is 6. The van der Waals surface area contributed by atoms with Crippen molar-refractivity contribution in [2.75, 3.05) is 25.1 Å². The summed E-state index contributed by atoms with van der Waals surface area (Å²) >= 11 is 0. The highest BCUT2D eigenvalue weighted by atomic mass is 16.5. The lowest BCUT2D eigenvalue weighted by Gasteiger charge is -2.31. The number of benzene rings is 3. The molecular weight excluding hydrogens is 454 g/mol. The first-order chi connectivity index (χ1) is 17.7. The standard InChI is InChI=1S/C29H29N3O4/c1-4-34-23-17-16-20(18-24(23)35-5-2)27-25(28(33)36-6-3)26(19-12-8-7-9-13-19)31-29-30-21-14-10-11-15-22(21)32(27)29/h7-18,27H,4-6H2,1-3H3,(H,30,31). The Labute approximate surface area is 210 Å². The van der Waals surface area contributed by atoms with E-state index < -0.39 is 6.04 Å². The molecule has 1 aliphatic heterocycles. The second-order valence-corrected chi connectivity index (χ2v) is 8.27. The molecule has 7 heteroatoms. The van der Waals surface area contributed by atoms with E-state index in [4.69, 9.17) is 19.2 Å². The van der Waals surface area contributed by atoms with Crippen molar-refractivity contribution in [3.05, 3.63) is 89.5 Å². The topological polar surface area (TPSA) is 74.6 Å². The van der Waals surface area contributed by atoms with Crippen molar-refractivity contribution in [3.8, 4) is 11.5 Å². The van der Waals surface area contributed by atoms with Crippen molar-refractivity contribution in [2.24, 2.45) is 0 Å². The number of rotatable bonds is 8. The van der Waals surface area contributed by atoms with Gasteiger partial charge in [-0.2, -0.15) is 0 Å². The monoisotopic (exact) mass is 483 g/mol. The van der Waals surface area contributed by atoms with E-state index in [1.54, 1.807) is 0 Å². The van der Waals surface area contributed by atoms with Crippen molar-refractivity contribution in [1.29, 1.82) is 0 Å². The Balaban J connectivity index is 1.80. The van der Waals surface area contributed by atoms with E-state index in [9.17, 15) is 4.79 Å². The zero-order valence-corrected chi connectivity index (χ0v) is 20.7. The number of imidazole rings is 1. The normalized spacial score (nSPS) is 14.8. The number of aromatic nitrogens is 2. The summed E-state index contributed by atoms with van der Waals surface area (Å²) in [6, 6.07) is 23.0. The zero-order chi connectivity index (χ0) is 25.1. The lowest BCUT2D eigenvalue weighted by atomic mass is 9.92. The minimum Gasteiger partial charge on any atom is -0.490 e. The lowest BCUT2D eigenvalue weighted by molar-refractivity contribution is -0.138. The van der Waals surface area contributed by atoms with E-state index in [-0.39, 0.29) is 12.6 Å². The van der Waals surface area contributed by atoms with Crippen molar-refractivity contribution in [3.63, 3.8) is 0 Å². The predicted octanol–water partition coefficient (Wildman–Crippen LogP) is 5.82. The summed E-state index contributed by atoms with van der Waals surface area (Å²) in [4.78, 5) is 18.5. The highest BCUT2D eigenvalue weighted by Crippen LogP contribution is 2.44. The zero-order valence-electron chi connectivity index (χ0n) is 20.7. The molecule has 184 valence electrons. The molecule has 5 rings (SSSR count). The Morgan fingerprint density at radius 2 is 1.61 bits per heavy atom. The molecule has 1 atom stereocenters. The molecule has 0 amide bonds. The number of nitrogens with one attached hydrogen (secondary N) is 1. The predicted molar refractivity (Wildman–Crippen MR) is 140 cm³/mol. The van der Waals surface area contributed by atoms with Gasteiger partial charge in [0.25, 0.3) is 0 Å². The largest absolute Gasteiger partial charge is 0.490 e. The van der Waals surface area contributed by atoms with E-state index >= 15 is 0 Å². The molecule has 0 bridgehead atoms. The SMILES string of the molecule is CCOC(=O)C1=C(c2ccccc2)Nc2nc3ccccc3n2C1c1ccc(OCC)c(OCC)c1. The van der Waals surface area contributed by atoms with Gasteiger partial charge in [-0.05, 0) is 56.2 Å². The fourth-order valence-electron chi connectivity index (χ4n) is 4.65. The maximum absolute atomic E-state index is 13.6. The molecule has 0 saturated heterocycles. The van der Waals surface area contributed by atoms with E-state index in [0.717, 1.165) is 22.2 Å².